The first-order chi connectivity index (χ1) is 9.50. The lowest BCUT2D eigenvalue weighted by Gasteiger charge is -2.24. The van der Waals surface area contributed by atoms with E-state index in [0.29, 0.717) is 17.8 Å². The maximum Gasteiger partial charge on any atom is 0.0115 e. The van der Waals surface area contributed by atoms with Gasteiger partial charge in [0.2, 0.25) is 0 Å². The highest BCUT2D eigenvalue weighted by Crippen LogP contribution is 2.34. The lowest BCUT2D eigenvalue weighted by molar-refractivity contribution is 0.561. The average molecular weight is 266 g/mol. The van der Waals surface area contributed by atoms with Gasteiger partial charge in [-0.1, -0.05) is 76.2 Å². The van der Waals surface area contributed by atoms with Crippen molar-refractivity contribution < 1.29 is 0 Å². The first kappa shape index (κ1) is 14.8. The van der Waals surface area contributed by atoms with Crippen LogP contribution in [0.2, 0.25) is 0 Å². The highest BCUT2D eigenvalue weighted by Gasteiger charge is 2.20. The van der Waals surface area contributed by atoms with E-state index in [4.69, 9.17) is 0 Å². The Morgan fingerprint density at radius 3 is 1.90 bits per heavy atom. The van der Waals surface area contributed by atoms with Gasteiger partial charge >= 0.3 is 0 Å². The molecule has 0 nitrogen and oxygen atoms in total. The Hall–Kier alpha value is -1.56. The molecule has 0 spiro atoms. The first-order valence-electron chi connectivity index (χ1n) is 7.66. The molecule has 0 fully saturated rings. The van der Waals surface area contributed by atoms with Gasteiger partial charge in [0.15, 0.2) is 0 Å². The van der Waals surface area contributed by atoms with Crippen LogP contribution in [0, 0.1) is 12.8 Å². The van der Waals surface area contributed by atoms with Crippen LogP contribution in [0.15, 0.2) is 48.5 Å². The quantitative estimate of drug-likeness (QED) is 0.645. The molecular weight excluding hydrogens is 240 g/mol. The molecule has 1 atom stereocenters. The fraction of sp³-hybridized carbons (Fsp3) is 0.400. The second-order valence-electron chi connectivity index (χ2n) is 6.40. The molecule has 0 radical (unpaired) electrons. The van der Waals surface area contributed by atoms with Gasteiger partial charge in [-0.05, 0) is 41.0 Å². The van der Waals surface area contributed by atoms with Gasteiger partial charge in [0.25, 0.3) is 0 Å². The largest absolute Gasteiger partial charge is 0.0622 e. The fourth-order valence-corrected chi connectivity index (χ4v) is 2.99. The zero-order valence-corrected chi connectivity index (χ0v) is 13.4. The minimum absolute atomic E-state index is 0.484. The van der Waals surface area contributed by atoms with Crippen LogP contribution in [-0.4, -0.2) is 0 Å². The number of hydrogen-bond acceptors (Lipinski definition) is 0. The Labute approximate surface area is 123 Å². The summed E-state index contributed by atoms with van der Waals surface area (Å²) in [7, 11) is 0. The second-order valence-corrected chi connectivity index (χ2v) is 6.40. The van der Waals surface area contributed by atoms with Crippen LogP contribution in [0.4, 0.5) is 0 Å². The van der Waals surface area contributed by atoms with E-state index in [-0.39, 0.29) is 0 Å². The third-order valence-electron chi connectivity index (χ3n) is 4.12. The molecule has 0 N–H and O–H groups in total. The van der Waals surface area contributed by atoms with Crippen molar-refractivity contribution in [3.8, 4) is 0 Å². The predicted molar refractivity (Wildman–Crippen MR) is 88.4 cm³/mol. The van der Waals surface area contributed by atoms with Crippen LogP contribution in [0.25, 0.3) is 0 Å². The molecule has 0 heteroatoms. The molecule has 0 aliphatic heterocycles. The van der Waals surface area contributed by atoms with Gasteiger partial charge in [0.1, 0.15) is 0 Å². The molecule has 0 saturated carbocycles. The number of benzene rings is 2. The predicted octanol–water partition coefficient (Wildman–Crippen LogP) is 5.91. The summed E-state index contributed by atoms with van der Waals surface area (Å²) in [5.41, 5.74) is 5.74. The van der Waals surface area contributed by atoms with Crippen molar-refractivity contribution in [1.29, 1.82) is 0 Å². The lowest BCUT2D eigenvalue weighted by Crippen LogP contribution is -2.10. The monoisotopic (exact) mass is 266 g/mol. The van der Waals surface area contributed by atoms with E-state index in [1.807, 2.05) is 0 Å². The molecule has 1 unspecified atom stereocenters. The molecule has 2 rings (SSSR count). The lowest BCUT2D eigenvalue weighted by atomic mass is 9.80. The van der Waals surface area contributed by atoms with E-state index >= 15 is 0 Å². The molecule has 0 saturated heterocycles. The van der Waals surface area contributed by atoms with Crippen molar-refractivity contribution in [3.05, 3.63) is 70.8 Å². The van der Waals surface area contributed by atoms with Crippen molar-refractivity contribution in [2.24, 2.45) is 5.92 Å². The standard InChI is InChI=1S/C20H26/c1-14(2)18-11-12-19(16(5)13-18)20(15(3)4)17-9-7-6-8-10-17/h6-15,20H,1-5H3. The Morgan fingerprint density at radius 1 is 0.750 bits per heavy atom. The van der Waals surface area contributed by atoms with Crippen molar-refractivity contribution in [3.63, 3.8) is 0 Å². The van der Waals surface area contributed by atoms with Crippen LogP contribution in [0.1, 0.15) is 61.8 Å². The van der Waals surface area contributed by atoms with E-state index in [1.54, 1.807) is 0 Å². The van der Waals surface area contributed by atoms with Crippen LogP contribution < -0.4 is 0 Å². The maximum atomic E-state index is 2.36. The van der Waals surface area contributed by atoms with Crippen molar-refractivity contribution >= 4 is 0 Å². The summed E-state index contributed by atoms with van der Waals surface area (Å²) >= 11 is 0. The van der Waals surface area contributed by atoms with Gasteiger partial charge in [-0.25, -0.2) is 0 Å². The van der Waals surface area contributed by atoms with E-state index < -0.39 is 0 Å². The minimum Gasteiger partial charge on any atom is -0.0622 e. The van der Waals surface area contributed by atoms with Gasteiger partial charge in [-0.3, -0.25) is 0 Å². The van der Waals surface area contributed by atoms with Crippen molar-refractivity contribution in [2.75, 3.05) is 0 Å². The average Bonchev–Trinajstić information content (AvgIpc) is 2.41. The van der Waals surface area contributed by atoms with Crippen LogP contribution in [-0.2, 0) is 0 Å². The number of hydrogen-bond donors (Lipinski definition) is 0. The third kappa shape index (κ3) is 3.12. The summed E-state index contributed by atoms with van der Waals surface area (Å²) < 4.78 is 0. The van der Waals surface area contributed by atoms with E-state index in [0.717, 1.165) is 0 Å². The molecule has 2 aromatic carbocycles. The van der Waals surface area contributed by atoms with Crippen LogP contribution in [0.3, 0.4) is 0 Å². The SMILES string of the molecule is Cc1cc(C(C)C)ccc1C(c1ccccc1)C(C)C. The van der Waals surface area contributed by atoms with E-state index in [9.17, 15) is 0 Å². The topological polar surface area (TPSA) is 0 Å². The number of aryl methyl sites for hydroxylation is 1. The first-order valence-corrected chi connectivity index (χ1v) is 7.66. The molecule has 0 amide bonds. The molecule has 0 bridgehead atoms. The van der Waals surface area contributed by atoms with Gasteiger partial charge in [-0.2, -0.15) is 0 Å². The molecule has 2 aromatic rings. The highest BCUT2D eigenvalue weighted by atomic mass is 14.2. The Kier molecular flexibility index (Phi) is 4.65. The Morgan fingerprint density at radius 2 is 1.40 bits per heavy atom. The second kappa shape index (κ2) is 6.26. The van der Waals surface area contributed by atoms with E-state index in [2.05, 4.69) is 83.1 Å². The highest BCUT2D eigenvalue weighted by molar-refractivity contribution is 5.40. The maximum absolute atomic E-state index is 2.36. The molecule has 0 heterocycles. The molecular formula is C20H26. The summed E-state index contributed by atoms with van der Waals surface area (Å²) in [4.78, 5) is 0. The van der Waals surface area contributed by atoms with Gasteiger partial charge in [-0.15, -0.1) is 0 Å². The fourth-order valence-electron chi connectivity index (χ4n) is 2.99. The molecule has 0 aliphatic rings. The van der Waals surface area contributed by atoms with Crippen LogP contribution in [0.5, 0.6) is 0 Å². The molecule has 0 aromatic heterocycles. The number of rotatable bonds is 4. The van der Waals surface area contributed by atoms with Crippen LogP contribution >= 0.6 is 0 Å². The summed E-state index contributed by atoms with van der Waals surface area (Å²) in [6, 6.07) is 17.9. The van der Waals surface area contributed by atoms with Gasteiger partial charge < -0.3 is 0 Å². The van der Waals surface area contributed by atoms with Crippen molar-refractivity contribution in [2.45, 2.75) is 46.5 Å². The zero-order chi connectivity index (χ0) is 14.7. The van der Waals surface area contributed by atoms with Gasteiger partial charge in [0, 0.05) is 5.92 Å². The Balaban J connectivity index is 2.46. The molecule has 106 valence electrons. The van der Waals surface area contributed by atoms with Crippen molar-refractivity contribution in [1.82, 2.24) is 0 Å². The Bertz CT molecular complexity index is 550. The van der Waals surface area contributed by atoms with Gasteiger partial charge in [0.05, 0.1) is 0 Å². The summed E-state index contributed by atoms with van der Waals surface area (Å²) in [5.74, 6) is 1.68. The minimum atomic E-state index is 0.484. The zero-order valence-electron chi connectivity index (χ0n) is 13.4. The summed E-state index contributed by atoms with van der Waals surface area (Å²) in [6.07, 6.45) is 0. The summed E-state index contributed by atoms with van der Waals surface area (Å²) in [5, 5.41) is 0. The molecule has 0 aliphatic carbocycles. The van der Waals surface area contributed by atoms with E-state index in [1.165, 1.54) is 22.3 Å². The smallest absolute Gasteiger partial charge is 0.0115 e. The normalized spacial score (nSPS) is 12.9. The third-order valence-corrected chi connectivity index (χ3v) is 4.12. The molecule has 20 heavy (non-hydrogen) atoms. The summed E-state index contributed by atoms with van der Waals surface area (Å²) in [6.45, 7) is 11.4.